The van der Waals surface area contributed by atoms with Gasteiger partial charge in [-0.1, -0.05) is 146 Å². The van der Waals surface area contributed by atoms with Gasteiger partial charge in [-0.25, -0.2) is 15.0 Å². The molecule has 0 saturated heterocycles. The number of hydrogen-bond donors (Lipinski definition) is 0. The number of hydrogen-bond acceptors (Lipinski definition) is 5. The molecule has 3 heterocycles. The summed E-state index contributed by atoms with van der Waals surface area (Å²) in [7, 11) is 0. The quantitative estimate of drug-likeness (QED) is 0.169. The number of nitrogens with zero attached hydrogens (tertiary/aromatic N) is 5. The number of aromatic nitrogens is 4. The van der Waals surface area contributed by atoms with Gasteiger partial charge in [-0.05, 0) is 59.2 Å². The molecule has 0 radical (unpaired) electrons. The maximum atomic E-state index is 10.4. The predicted octanol–water partition coefficient (Wildman–Crippen LogP) is 13.5. The number of rotatable bonds is 6. The van der Waals surface area contributed by atoms with Gasteiger partial charge in [-0.2, -0.15) is 5.26 Å². The van der Waals surface area contributed by atoms with Crippen molar-refractivity contribution >= 4 is 53.3 Å². The Bertz CT molecular complexity index is 3360. The summed E-state index contributed by atoms with van der Waals surface area (Å²) in [4.78, 5) is 15.7. The first kappa shape index (κ1) is 33.6. The van der Waals surface area contributed by atoms with Crippen molar-refractivity contribution in [2.75, 3.05) is 0 Å². The first-order valence-corrected chi connectivity index (χ1v) is 20.0. The minimum absolute atomic E-state index is 0.549. The fourth-order valence-corrected chi connectivity index (χ4v) is 9.49. The van der Waals surface area contributed by atoms with Gasteiger partial charge in [-0.3, -0.25) is 0 Å². The second-order valence-corrected chi connectivity index (χ2v) is 15.3. The summed E-state index contributed by atoms with van der Waals surface area (Å²) >= 11 is 1.72. The lowest BCUT2D eigenvalue weighted by molar-refractivity contribution is 1.06. The SMILES string of the molecule is N#Cc1ccc2c(sc3ccccc32)c1-c1cccc(-c2nc(-c3ccccc3)nc(-c3ccc(-c4ccccc4)cc3-n3c4ccccc4c4ccccc43)n2)c1. The molecule has 5 nitrogen and oxygen atoms in total. The third-order valence-corrected chi connectivity index (χ3v) is 12.1. The number of para-hydroxylation sites is 2. The Labute approximate surface area is 338 Å². The lowest BCUT2D eigenvalue weighted by Crippen LogP contribution is -2.04. The number of benzene rings is 8. The molecule has 3 aromatic heterocycles. The highest BCUT2D eigenvalue weighted by Gasteiger charge is 2.21. The molecule has 0 spiro atoms. The van der Waals surface area contributed by atoms with Crippen LogP contribution in [0.15, 0.2) is 188 Å². The second kappa shape index (κ2) is 13.8. The predicted molar refractivity (Wildman–Crippen MR) is 239 cm³/mol. The lowest BCUT2D eigenvalue weighted by Gasteiger charge is -2.16. The van der Waals surface area contributed by atoms with Gasteiger partial charge in [0.05, 0.1) is 28.4 Å². The number of thiophene rings is 1. The zero-order valence-electron chi connectivity index (χ0n) is 31.0. The highest BCUT2D eigenvalue weighted by Crippen LogP contribution is 2.43. The zero-order chi connectivity index (χ0) is 38.6. The molecular formula is C52H31N5S. The van der Waals surface area contributed by atoms with Crippen molar-refractivity contribution in [3.63, 3.8) is 0 Å². The van der Waals surface area contributed by atoms with Crippen LogP contribution in [-0.4, -0.2) is 19.5 Å². The summed E-state index contributed by atoms with van der Waals surface area (Å²) in [5.74, 6) is 1.69. The fraction of sp³-hybridized carbons (Fsp3) is 0. The van der Waals surface area contributed by atoms with Crippen LogP contribution >= 0.6 is 11.3 Å². The van der Waals surface area contributed by atoms with Gasteiger partial charge in [0.1, 0.15) is 0 Å². The largest absolute Gasteiger partial charge is 0.308 e. The highest BCUT2D eigenvalue weighted by atomic mass is 32.1. The van der Waals surface area contributed by atoms with Gasteiger partial charge in [0.2, 0.25) is 0 Å². The van der Waals surface area contributed by atoms with E-state index in [0.29, 0.717) is 23.0 Å². The van der Waals surface area contributed by atoms with Crippen LogP contribution in [0.25, 0.3) is 104 Å². The van der Waals surface area contributed by atoms with E-state index in [0.717, 1.165) is 65.8 Å². The molecule has 6 heteroatoms. The van der Waals surface area contributed by atoms with Crippen LogP contribution in [-0.2, 0) is 0 Å². The molecule has 0 atom stereocenters. The topological polar surface area (TPSA) is 67.4 Å². The van der Waals surface area contributed by atoms with E-state index < -0.39 is 0 Å². The van der Waals surface area contributed by atoms with E-state index in [2.05, 4.69) is 144 Å². The maximum absolute atomic E-state index is 10.4. The third-order valence-electron chi connectivity index (χ3n) is 10.9. The molecule has 11 rings (SSSR count). The molecule has 270 valence electrons. The van der Waals surface area contributed by atoms with Gasteiger partial charge in [0.25, 0.3) is 0 Å². The number of nitriles is 1. The fourth-order valence-electron chi connectivity index (χ4n) is 8.22. The van der Waals surface area contributed by atoms with Crippen molar-refractivity contribution in [1.82, 2.24) is 19.5 Å². The lowest BCUT2D eigenvalue weighted by atomic mass is 9.96. The molecule has 11 aromatic rings. The Balaban J connectivity index is 1.16. The summed E-state index contributed by atoms with van der Waals surface area (Å²) in [6, 6.07) is 67.4. The van der Waals surface area contributed by atoms with Crippen molar-refractivity contribution in [1.29, 1.82) is 5.26 Å². The van der Waals surface area contributed by atoms with Gasteiger partial charge in [0, 0.05) is 53.2 Å². The average molecular weight is 758 g/mol. The molecule has 8 aromatic carbocycles. The van der Waals surface area contributed by atoms with Crippen LogP contribution in [0.5, 0.6) is 0 Å². The van der Waals surface area contributed by atoms with Crippen molar-refractivity contribution in [2.24, 2.45) is 0 Å². The monoisotopic (exact) mass is 757 g/mol. The Morgan fingerprint density at radius 2 is 1.02 bits per heavy atom. The van der Waals surface area contributed by atoms with E-state index in [1.165, 1.54) is 20.9 Å². The molecule has 58 heavy (non-hydrogen) atoms. The van der Waals surface area contributed by atoms with Crippen LogP contribution in [0.3, 0.4) is 0 Å². The molecule has 0 unspecified atom stereocenters. The summed E-state index contributed by atoms with van der Waals surface area (Å²) < 4.78 is 4.62. The number of fused-ring (bicyclic) bond motifs is 6. The second-order valence-electron chi connectivity index (χ2n) is 14.3. The van der Waals surface area contributed by atoms with Crippen LogP contribution in [0.1, 0.15) is 5.56 Å². The molecule has 0 aliphatic heterocycles. The van der Waals surface area contributed by atoms with Crippen LogP contribution in [0.2, 0.25) is 0 Å². The summed E-state index contributed by atoms with van der Waals surface area (Å²) in [6.45, 7) is 0. The van der Waals surface area contributed by atoms with Crippen molar-refractivity contribution in [3.8, 4) is 68.2 Å². The van der Waals surface area contributed by atoms with E-state index in [9.17, 15) is 5.26 Å². The molecule has 0 amide bonds. The first-order chi connectivity index (χ1) is 28.7. The minimum Gasteiger partial charge on any atom is -0.308 e. The van der Waals surface area contributed by atoms with Crippen molar-refractivity contribution in [3.05, 3.63) is 194 Å². The molecule has 0 N–H and O–H groups in total. The standard InChI is InChI=1S/C52H31N5S/c53-32-38-27-28-42-41-22-9-12-25-47(41)58-49(42)48(38)36-18-13-19-37(30-36)51-54-50(34-16-5-2-6-17-34)55-52(56-51)43-29-26-35(33-14-3-1-4-15-33)31-46(43)57-44-23-10-7-20-39(44)40-21-8-11-24-45(40)57/h1-31H. The minimum atomic E-state index is 0.549. The maximum Gasteiger partial charge on any atom is 0.166 e. The van der Waals surface area contributed by atoms with E-state index >= 15 is 0 Å². The summed E-state index contributed by atoms with van der Waals surface area (Å²) in [5.41, 5.74) is 10.5. The molecular weight excluding hydrogens is 727 g/mol. The molecule has 0 aliphatic carbocycles. The van der Waals surface area contributed by atoms with Gasteiger partial charge >= 0.3 is 0 Å². The Morgan fingerprint density at radius 3 is 1.74 bits per heavy atom. The van der Waals surface area contributed by atoms with E-state index in [4.69, 9.17) is 15.0 Å². The van der Waals surface area contributed by atoms with Crippen LogP contribution in [0, 0.1) is 11.3 Å². The summed E-state index contributed by atoms with van der Waals surface area (Å²) in [6.07, 6.45) is 0. The van der Waals surface area contributed by atoms with Gasteiger partial charge < -0.3 is 4.57 Å². The Hall–Kier alpha value is -7.72. The average Bonchev–Trinajstić information content (AvgIpc) is 3.85. The molecule has 0 bridgehead atoms. The Kier molecular flexibility index (Phi) is 7.99. The van der Waals surface area contributed by atoms with Gasteiger partial charge in [0.15, 0.2) is 17.5 Å². The molecule has 0 saturated carbocycles. The summed E-state index contributed by atoms with van der Waals surface area (Å²) in [5, 5.41) is 15.1. The van der Waals surface area contributed by atoms with E-state index in [-0.39, 0.29) is 0 Å². The van der Waals surface area contributed by atoms with Crippen molar-refractivity contribution in [2.45, 2.75) is 0 Å². The van der Waals surface area contributed by atoms with E-state index in [1.54, 1.807) is 11.3 Å². The third kappa shape index (κ3) is 5.56. The normalized spacial score (nSPS) is 11.4. The van der Waals surface area contributed by atoms with Gasteiger partial charge in [-0.15, -0.1) is 11.3 Å². The van der Waals surface area contributed by atoms with Crippen LogP contribution in [0.4, 0.5) is 0 Å². The zero-order valence-corrected chi connectivity index (χ0v) is 31.9. The highest BCUT2D eigenvalue weighted by molar-refractivity contribution is 7.26. The smallest absolute Gasteiger partial charge is 0.166 e. The first-order valence-electron chi connectivity index (χ1n) is 19.2. The Morgan fingerprint density at radius 1 is 0.431 bits per heavy atom. The molecule has 0 aliphatic rings. The van der Waals surface area contributed by atoms with E-state index in [1.807, 2.05) is 54.6 Å². The molecule has 0 fully saturated rings. The van der Waals surface area contributed by atoms with Crippen LogP contribution < -0.4 is 0 Å². The van der Waals surface area contributed by atoms with Crippen molar-refractivity contribution < 1.29 is 0 Å².